The lowest BCUT2D eigenvalue weighted by Gasteiger charge is -2.38. The molecule has 3 rings (SSSR count). The average molecular weight is 399 g/mol. The Morgan fingerprint density at radius 2 is 1.69 bits per heavy atom. The number of piperidine rings is 1. The molecule has 1 fully saturated rings. The van der Waals surface area contributed by atoms with Gasteiger partial charge in [0, 0.05) is 30.7 Å². The van der Waals surface area contributed by atoms with Crippen LogP contribution in [0.4, 0.5) is 14.9 Å². The van der Waals surface area contributed by atoms with Gasteiger partial charge in [-0.25, -0.2) is 9.18 Å². The summed E-state index contributed by atoms with van der Waals surface area (Å²) in [7, 11) is 1.61. The monoisotopic (exact) mass is 399 g/mol. The van der Waals surface area contributed by atoms with Crippen molar-refractivity contribution in [3.05, 3.63) is 59.9 Å². The lowest BCUT2D eigenvalue weighted by atomic mass is 9.79. The largest absolute Gasteiger partial charge is 0.497 e. The molecule has 1 aliphatic rings. The summed E-state index contributed by atoms with van der Waals surface area (Å²) in [6.07, 6.45) is 1.16. The zero-order valence-electron chi connectivity index (χ0n) is 16.7. The van der Waals surface area contributed by atoms with Crippen LogP contribution in [0, 0.1) is 11.2 Å². The minimum Gasteiger partial charge on any atom is -0.497 e. The highest BCUT2D eigenvalue weighted by molar-refractivity contribution is 5.89. The van der Waals surface area contributed by atoms with E-state index in [9.17, 15) is 14.0 Å². The van der Waals surface area contributed by atoms with Gasteiger partial charge in [0.25, 0.3) is 0 Å². The Bertz CT molecular complexity index is 845. The molecule has 0 unspecified atom stereocenters. The van der Waals surface area contributed by atoms with E-state index in [1.807, 2.05) is 31.2 Å². The van der Waals surface area contributed by atoms with Crippen LogP contribution in [0.3, 0.4) is 0 Å². The first-order chi connectivity index (χ1) is 13.9. The van der Waals surface area contributed by atoms with Gasteiger partial charge in [0.15, 0.2) is 0 Å². The number of hydrogen-bond acceptors (Lipinski definition) is 3. The number of likely N-dealkylation sites (tertiary alicyclic amines) is 1. The van der Waals surface area contributed by atoms with Gasteiger partial charge in [0.2, 0.25) is 5.91 Å². The maximum atomic E-state index is 13.0. The molecule has 3 amide bonds. The minimum absolute atomic E-state index is 0.00749. The van der Waals surface area contributed by atoms with Crippen molar-refractivity contribution in [2.45, 2.75) is 26.3 Å². The van der Waals surface area contributed by atoms with Crippen LogP contribution >= 0.6 is 0 Å². The highest BCUT2D eigenvalue weighted by atomic mass is 19.1. The van der Waals surface area contributed by atoms with Gasteiger partial charge in [-0.15, -0.1) is 0 Å². The zero-order valence-corrected chi connectivity index (χ0v) is 16.7. The highest BCUT2D eigenvalue weighted by Gasteiger charge is 2.37. The van der Waals surface area contributed by atoms with Crippen molar-refractivity contribution in [1.29, 1.82) is 0 Å². The first kappa shape index (κ1) is 20.6. The van der Waals surface area contributed by atoms with Crippen molar-refractivity contribution in [2.24, 2.45) is 5.41 Å². The van der Waals surface area contributed by atoms with Crippen LogP contribution in [0.1, 0.15) is 25.3 Å². The molecule has 0 saturated carbocycles. The normalized spacial score (nSPS) is 15.5. The fourth-order valence-electron chi connectivity index (χ4n) is 3.31. The van der Waals surface area contributed by atoms with Gasteiger partial charge in [0.1, 0.15) is 11.6 Å². The molecule has 2 aromatic carbocycles. The number of nitrogens with zero attached hydrogens (tertiary/aromatic N) is 1. The number of carbonyl (C=O) groups excluding carboxylic acids is 2. The molecule has 1 saturated heterocycles. The molecule has 2 N–H and O–H groups in total. The van der Waals surface area contributed by atoms with Crippen LogP contribution in [0.15, 0.2) is 48.5 Å². The van der Waals surface area contributed by atoms with Gasteiger partial charge in [-0.3, -0.25) is 4.79 Å². The number of rotatable bonds is 5. The molecule has 0 aliphatic carbocycles. The number of amides is 3. The topological polar surface area (TPSA) is 70.7 Å². The van der Waals surface area contributed by atoms with Crippen LogP contribution in [0.5, 0.6) is 5.75 Å². The van der Waals surface area contributed by atoms with E-state index in [0.29, 0.717) is 38.2 Å². The minimum atomic E-state index is -0.515. The smallest absolute Gasteiger partial charge is 0.321 e. The highest BCUT2D eigenvalue weighted by Crippen LogP contribution is 2.31. The Kier molecular flexibility index (Phi) is 6.36. The number of benzene rings is 2. The number of ether oxygens (including phenoxy) is 1. The number of hydrogen-bond donors (Lipinski definition) is 2. The number of nitrogens with one attached hydrogen (secondary N) is 2. The maximum Gasteiger partial charge on any atom is 0.321 e. The van der Waals surface area contributed by atoms with E-state index in [0.717, 1.165) is 11.3 Å². The molecule has 0 atom stereocenters. The first-order valence-corrected chi connectivity index (χ1v) is 9.62. The summed E-state index contributed by atoms with van der Waals surface area (Å²) in [5, 5.41) is 5.76. The summed E-state index contributed by atoms with van der Waals surface area (Å²) in [5.41, 5.74) is 1.03. The molecular formula is C22H26FN3O3. The molecule has 0 bridgehead atoms. The summed E-state index contributed by atoms with van der Waals surface area (Å²) in [4.78, 5) is 26.8. The average Bonchev–Trinajstić information content (AvgIpc) is 2.74. The van der Waals surface area contributed by atoms with Gasteiger partial charge >= 0.3 is 6.03 Å². The summed E-state index contributed by atoms with van der Waals surface area (Å²) >= 11 is 0. The molecule has 154 valence electrons. The summed E-state index contributed by atoms with van der Waals surface area (Å²) in [6.45, 7) is 3.36. The van der Waals surface area contributed by atoms with Crippen molar-refractivity contribution < 1.29 is 18.7 Å². The predicted molar refractivity (Wildman–Crippen MR) is 109 cm³/mol. The molecule has 1 heterocycles. The fourth-order valence-corrected chi connectivity index (χ4v) is 3.31. The second-order valence-electron chi connectivity index (χ2n) is 7.52. The molecule has 2 aromatic rings. The Morgan fingerprint density at radius 1 is 1.07 bits per heavy atom. The van der Waals surface area contributed by atoms with E-state index >= 15 is 0 Å². The number of halogens is 1. The summed E-state index contributed by atoms with van der Waals surface area (Å²) in [6, 6.07) is 13.0. The van der Waals surface area contributed by atoms with Crippen molar-refractivity contribution in [1.82, 2.24) is 10.2 Å². The van der Waals surface area contributed by atoms with Crippen molar-refractivity contribution >= 4 is 17.6 Å². The van der Waals surface area contributed by atoms with E-state index in [1.165, 1.54) is 24.3 Å². The van der Waals surface area contributed by atoms with Gasteiger partial charge < -0.3 is 20.3 Å². The zero-order chi connectivity index (χ0) is 20.9. The fraction of sp³-hybridized carbons (Fsp3) is 0.364. The standard InChI is InChI=1S/C22H26FN3O3/c1-22(20(27)24-15-16-3-9-19(29-2)10-4-16)11-13-26(14-12-22)21(28)25-18-7-5-17(23)6-8-18/h3-10H,11-15H2,1-2H3,(H,24,27)(H,25,28). The number of urea groups is 1. The third kappa shape index (κ3) is 5.25. The lowest BCUT2D eigenvalue weighted by molar-refractivity contribution is -0.132. The lowest BCUT2D eigenvalue weighted by Crippen LogP contribution is -2.49. The van der Waals surface area contributed by atoms with Gasteiger partial charge in [-0.05, 0) is 54.8 Å². The Morgan fingerprint density at radius 3 is 2.28 bits per heavy atom. The first-order valence-electron chi connectivity index (χ1n) is 9.62. The Hall–Kier alpha value is -3.09. The quantitative estimate of drug-likeness (QED) is 0.804. The number of carbonyl (C=O) groups is 2. The van der Waals surface area contributed by atoms with Gasteiger partial charge in [-0.2, -0.15) is 0 Å². The van der Waals surface area contributed by atoms with Crippen LogP contribution < -0.4 is 15.4 Å². The van der Waals surface area contributed by atoms with E-state index < -0.39 is 5.41 Å². The van der Waals surface area contributed by atoms with Crippen molar-refractivity contribution in [3.8, 4) is 5.75 Å². The maximum absolute atomic E-state index is 13.0. The van der Waals surface area contributed by atoms with Crippen molar-refractivity contribution in [2.75, 3.05) is 25.5 Å². The third-order valence-electron chi connectivity index (χ3n) is 5.41. The van der Waals surface area contributed by atoms with Crippen LogP contribution in [0.2, 0.25) is 0 Å². The van der Waals surface area contributed by atoms with Crippen LogP contribution in [-0.2, 0) is 11.3 Å². The predicted octanol–water partition coefficient (Wildman–Crippen LogP) is 3.78. The molecular weight excluding hydrogens is 373 g/mol. The SMILES string of the molecule is COc1ccc(CNC(=O)C2(C)CCN(C(=O)Nc3ccc(F)cc3)CC2)cc1. The van der Waals surface area contributed by atoms with E-state index in [-0.39, 0.29) is 17.8 Å². The summed E-state index contributed by atoms with van der Waals surface area (Å²) < 4.78 is 18.1. The second-order valence-corrected chi connectivity index (χ2v) is 7.52. The molecule has 1 aliphatic heterocycles. The van der Waals surface area contributed by atoms with Gasteiger partial charge in [-0.1, -0.05) is 19.1 Å². The molecule has 29 heavy (non-hydrogen) atoms. The molecule has 0 aromatic heterocycles. The molecule has 6 nitrogen and oxygen atoms in total. The molecule has 7 heteroatoms. The van der Waals surface area contributed by atoms with E-state index in [1.54, 1.807) is 12.0 Å². The summed E-state index contributed by atoms with van der Waals surface area (Å²) in [5.74, 6) is 0.419. The molecule has 0 radical (unpaired) electrons. The van der Waals surface area contributed by atoms with Gasteiger partial charge in [0.05, 0.1) is 7.11 Å². The Balaban J connectivity index is 1.48. The molecule has 0 spiro atoms. The van der Waals surface area contributed by atoms with E-state index in [2.05, 4.69) is 10.6 Å². The Labute approximate surface area is 170 Å². The van der Waals surface area contributed by atoms with E-state index in [4.69, 9.17) is 4.74 Å². The third-order valence-corrected chi connectivity index (χ3v) is 5.41. The van der Waals surface area contributed by atoms with Crippen LogP contribution in [0.25, 0.3) is 0 Å². The second kappa shape index (κ2) is 8.94. The number of methoxy groups -OCH3 is 1. The van der Waals surface area contributed by atoms with Crippen molar-refractivity contribution in [3.63, 3.8) is 0 Å². The van der Waals surface area contributed by atoms with Crippen LogP contribution in [-0.4, -0.2) is 37.0 Å². The number of anilines is 1.